The number of nitrogens with two attached hydrogens (primary N) is 1. The van der Waals surface area contributed by atoms with Crippen LogP contribution < -0.4 is 11.1 Å². The average Bonchev–Trinajstić information content (AvgIpc) is 2.27. The Morgan fingerprint density at radius 1 is 1.38 bits per heavy atom. The van der Waals surface area contributed by atoms with E-state index >= 15 is 0 Å². The van der Waals surface area contributed by atoms with E-state index in [2.05, 4.69) is 5.32 Å². The average molecular weight is 220 g/mol. The highest BCUT2D eigenvalue weighted by Crippen LogP contribution is 2.20. The summed E-state index contributed by atoms with van der Waals surface area (Å²) < 4.78 is 0. The van der Waals surface area contributed by atoms with Crippen molar-refractivity contribution in [3.8, 4) is 0 Å². The molecule has 4 N–H and O–H groups in total. The van der Waals surface area contributed by atoms with Gasteiger partial charge in [-0.2, -0.15) is 0 Å². The molecule has 0 heterocycles. The fourth-order valence-corrected chi connectivity index (χ4v) is 1.81. The van der Waals surface area contributed by atoms with Gasteiger partial charge in [0, 0.05) is 6.04 Å². The van der Waals surface area contributed by atoms with Gasteiger partial charge >= 0.3 is 0 Å². The van der Waals surface area contributed by atoms with Crippen LogP contribution in [0.25, 0.3) is 0 Å². The summed E-state index contributed by atoms with van der Waals surface area (Å²) in [5, 5.41) is 11.9. The number of hydrogen-bond acceptors (Lipinski definition) is 3. The van der Waals surface area contributed by atoms with Crippen molar-refractivity contribution in [2.45, 2.75) is 31.0 Å². The molecule has 4 heteroatoms. The van der Waals surface area contributed by atoms with Crippen molar-refractivity contribution in [2.24, 2.45) is 5.73 Å². The van der Waals surface area contributed by atoms with Crippen LogP contribution in [-0.2, 0) is 4.79 Å². The standard InChI is InChI=1S/C12H16N2O2/c13-11(8-4-2-1-3-5-8)12(16)14-9-6-10(15)7-9/h1-5,9-11,15H,6-7,13H2,(H,14,16)/t9?,10?,11-/m1/s1. The van der Waals surface area contributed by atoms with E-state index in [4.69, 9.17) is 10.8 Å². The Morgan fingerprint density at radius 2 is 2.00 bits per heavy atom. The molecule has 0 radical (unpaired) electrons. The quantitative estimate of drug-likeness (QED) is 0.687. The lowest BCUT2D eigenvalue weighted by atomic mass is 9.89. The van der Waals surface area contributed by atoms with Gasteiger partial charge in [-0.1, -0.05) is 30.3 Å². The monoisotopic (exact) mass is 220 g/mol. The molecule has 4 nitrogen and oxygen atoms in total. The first kappa shape index (κ1) is 11.1. The van der Waals surface area contributed by atoms with Gasteiger partial charge in [0.05, 0.1) is 6.10 Å². The number of benzene rings is 1. The first-order valence-corrected chi connectivity index (χ1v) is 5.46. The maximum absolute atomic E-state index is 11.7. The highest BCUT2D eigenvalue weighted by atomic mass is 16.3. The lowest BCUT2D eigenvalue weighted by Gasteiger charge is -2.32. The number of hydrogen-bond donors (Lipinski definition) is 3. The Labute approximate surface area is 94.5 Å². The van der Waals surface area contributed by atoms with Crippen molar-refractivity contribution in [3.05, 3.63) is 35.9 Å². The molecular weight excluding hydrogens is 204 g/mol. The predicted octanol–water partition coefficient (Wildman–Crippen LogP) is 0.326. The first-order chi connectivity index (χ1) is 7.66. The molecule has 1 amide bonds. The van der Waals surface area contributed by atoms with Crippen LogP contribution in [0.3, 0.4) is 0 Å². The van der Waals surface area contributed by atoms with E-state index in [1.54, 1.807) is 0 Å². The van der Waals surface area contributed by atoms with Crippen molar-refractivity contribution in [2.75, 3.05) is 0 Å². The third-order valence-corrected chi connectivity index (χ3v) is 2.90. The second-order valence-corrected chi connectivity index (χ2v) is 4.22. The van der Waals surface area contributed by atoms with Crippen LogP contribution in [0, 0.1) is 0 Å². The molecule has 1 aromatic rings. The zero-order valence-corrected chi connectivity index (χ0v) is 8.97. The summed E-state index contributed by atoms with van der Waals surface area (Å²) in [6.45, 7) is 0. The van der Waals surface area contributed by atoms with Gasteiger partial charge in [0.2, 0.25) is 5.91 Å². The summed E-state index contributed by atoms with van der Waals surface area (Å²) in [4.78, 5) is 11.7. The third kappa shape index (κ3) is 2.40. The lowest BCUT2D eigenvalue weighted by Crippen LogP contribution is -2.49. The number of carbonyl (C=O) groups is 1. The molecule has 1 aliphatic rings. The van der Waals surface area contributed by atoms with E-state index in [0.717, 1.165) is 5.56 Å². The lowest BCUT2D eigenvalue weighted by molar-refractivity contribution is -0.124. The van der Waals surface area contributed by atoms with Crippen molar-refractivity contribution in [1.29, 1.82) is 0 Å². The smallest absolute Gasteiger partial charge is 0.241 e. The number of aliphatic hydroxyl groups excluding tert-OH is 1. The molecule has 1 aromatic carbocycles. The Hall–Kier alpha value is -1.39. The highest BCUT2D eigenvalue weighted by Gasteiger charge is 2.29. The van der Waals surface area contributed by atoms with E-state index in [9.17, 15) is 4.79 Å². The van der Waals surface area contributed by atoms with Crippen molar-refractivity contribution >= 4 is 5.91 Å². The zero-order valence-electron chi connectivity index (χ0n) is 8.97. The topological polar surface area (TPSA) is 75.4 Å². The summed E-state index contributed by atoms with van der Waals surface area (Å²) in [5.41, 5.74) is 6.63. The Morgan fingerprint density at radius 3 is 2.56 bits per heavy atom. The maximum atomic E-state index is 11.7. The van der Waals surface area contributed by atoms with E-state index < -0.39 is 6.04 Å². The highest BCUT2D eigenvalue weighted by molar-refractivity contribution is 5.83. The van der Waals surface area contributed by atoms with Gasteiger partial charge in [-0.25, -0.2) is 0 Å². The van der Waals surface area contributed by atoms with Gasteiger partial charge in [-0.3, -0.25) is 4.79 Å². The molecular formula is C12H16N2O2. The minimum atomic E-state index is -0.626. The molecule has 1 fully saturated rings. The first-order valence-electron chi connectivity index (χ1n) is 5.46. The van der Waals surface area contributed by atoms with Crippen molar-refractivity contribution in [3.63, 3.8) is 0 Å². The number of rotatable bonds is 3. The van der Waals surface area contributed by atoms with Gasteiger partial charge in [0.15, 0.2) is 0 Å². The fourth-order valence-electron chi connectivity index (χ4n) is 1.81. The van der Waals surface area contributed by atoms with Gasteiger partial charge in [-0.15, -0.1) is 0 Å². The van der Waals surface area contributed by atoms with Crippen molar-refractivity contribution in [1.82, 2.24) is 5.32 Å². The summed E-state index contributed by atoms with van der Waals surface area (Å²) in [6.07, 6.45) is 0.999. The summed E-state index contributed by atoms with van der Waals surface area (Å²) in [6, 6.07) is 8.72. The zero-order chi connectivity index (χ0) is 11.5. The molecule has 0 unspecified atom stereocenters. The van der Waals surface area contributed by atoms with Crippen LogP contribution in [0.4, 0.5) is 0 Å². The molecule has 86 valence electrons. The van der Waals surface area contributed by atoms with Gasteiger partial charge < -0.3 is 16.2 Å². The molecule has 0 bridgehead atoms. The van der Waals surface area contributed by atoms with Crippen LogP contribution in [0.15, 0.2) is 30.3 Å². The van der Waals surface area contributed by atoms with Crippen LogP contribution in [0.1, 0.15) is 24.4 Å². The molecule has 1 aliphatic carbocycles. The molecule has 0 aliphatic heterocycles. The van der Waals surface area contributed by atoms with Gasteiger partial charge in [-0.05, 0) is 18.4 Å². The minimum Gasteiger partial charge on any atom is -0.393 e. The minimum absolute atomic E-state index is 0.0808. The summed E-state index contributed by atoms with van der Waals surface area (Å²) in [5.74, 6) is -0.178. The van der Waals surface area contributed by atoms with E-state index in [1.165, 1.54) is 0 Å². The largest absolute Gasteiger partial charge is 0.393 e. The van der Waals surface area contributed by atoms with Gasteiger partial charge in [0.1, 0.15) is 6.04 Å². The normalized spacial score (nSPS) is 25.6. The Bertz CT molecular complexity index is 361. The van der Waals surface area contributed by atoms with Crippen LogP contribution in [0.2, 0.25) is 0 Å². The number of carbonyl (C=O) groups excluding carboxylic acids is 1. The molecule has 1 atom stereocenters. The Balaban J connectivity index is 1.90. The number of nitrogens with one attached hydrogen (secondary N) is 1. The SMILES string of the molecule is N[C@@H](C(=O)NC1CC(O)C1)c1ccccc1. The molecule has 0 saturated heterocycles. The van der Waals surface area contributed by atoms with E-state index in [1.807, 2.05) is 30.3 Å². The van der Waals surface area contributed by atoms with E-state index in [0.29, 0.717) is 12.8 Å². The second kappa shape index (κ2) is 4.63. The molecule has 0 aromatic heterocycles. The Kier molecular flexibility index (Phi) is 3.22. The van der Waals surface area contributed by atoms with Gasteiger partial charge in [0.25, 0.3) is 0 Å². The second-order valence-electron chi connectivity index (χ2n) is 4.22. The predicted molar refractivity (Wildman–Crippen MR) is 60.5 cm³/mol. The molecule has 16 heavy (non-hydrogen) atoms. The van der Waals surface area contributed by atoms with E-state index in [-0.39, 0.29) is 18.1 Å². The third-order valence-electron chi connectivity index (χ3n) is 2.90. The van der Waals surface area contributed by atoms with Crippen LogP contribution in [-0.4, -0.2) is 23.2 Å². The van der Waals surface area contributed by atoms with Crippen LogP contribution >= 0.6 is 0 Å². The summed E-state index contributed by atoms with van der Waals surface area (Å²) >= 11 is 0. The fraction of sp³-hybridized carbons (Fsp3) is 0.417. The van der Waals surface area contributed by atoms with Crippen molar-refractivity contribution < 1.29 is 9.90 Å². The van der Waals surface area contributed by atoms with Crippen LogP contribution in [0.5, 0.6) is 0 Å². The molecule has 0 spiro atoms. The number of amides is 1. The number of aliphatic hydroxyl groups is 1. The molecule has 2 rings (SSSR count). The summed E-state index contributed by atoms with van der Waals surface area (Å²) in [7, 11) is 0. The molecule has 1 saturated carbocycles. The maximum Gasteiger partial charge on any atom is 0.241 e.